The number of aromatic nitrogens is 3. The molecule has 2 heterocycles. The lowest BCUT2D eigenvalue weighted by Crippen LogP contribution is -2.41. The highest BCUT2D eigenvalue weighted by Crippen LogP contribution is 2.23. The van der Waals surface area contributed by atoms with E-state index in [1.165, 1.54) is 0 Å². The van der Waals surface area contributed by atoms with Crippen molar-refractivity contribution in [3.63, 3.8) is 0 Å². The van der Waals surface area contributed by atoms with Crippen LogP contribution in [0.15, 0.2) is 40.2 Å². The number of H-pyrrole nitrogens is 1. The number of ether oxygens (including phenoxy) is 1. The second-order valence-electron chi connectivity index (χ2n) is 5.91. The van der Waals surface area contributed by atoms with E-state index in [9.17, 15) is 4.79 Å². The zero-order valence-electron chi connectivity index (χ0n) is 14.4. The summed E-state index contributed by atoms with van der Waals surface area (Å²) in [5.41, 5.74) is 4.88. The molecule has 1 atom stereocenters. The lowest BCUT2D eigenvalue weighted by Gasteiger charge is -2.34. The molecule has 3 rings (SSSR count). The normalized spacial score (nSPS) is 17.3. The van der Waals surface area contributed by atoms with E-state index in [-0.39, 0.29) is 17.5 Å². The number of hydrogen-bond donors (Lipinski definition) is 2. The minimum absolute atomic E-state index is 0.0303. The van der Waals surface area contributed by atoms with Crippen molar-refractivity contribution in [2.24, 2.45) is 5.10 Å². The number of nitrogens with zero attached hydrogens (tertiary/aromatic N) is 4. The highest BCUT2D eigenvalue weighted by Gasteiger charge is 2.25. The average Bonchev–Trinajstić information content (AvgIpc) is 2.65. The molecule has 1 aliphatic heterocycles. The van der Waals surface area contributed by atoms with E-state index >= 15 is 0 Å². The van der Waals surface area contributed by atoms with Crippen LogP contribution in [0, 0.1) is 6.92 Å². The van der Waals surface area contributed by atoms with Crippen molar-refractivity contribution < 1.29 is 4.74 Å². The SMILES string of the molecule is C/C(=N/Nc1nnc(C)c(=O)[nH]1)[C@@H](c1ccccc1)N1CCOCC1. The first kappa shape index (κ1) is 17.2. The van der Waals surface area contributed by atoms with Crippen molar-refractivity contribution in [3.05, 3.63) is 51.9 Å². The predicted molar refractivity (Wildman–Crippen MR) is 95.7 cm³/mol. The summed E-state index contributed by atoms with van der Waals surface area (Å²) in [5, 5.41) is 12.1. The molecule has 1 aromatic heterocycles. The molecule has 0 radical (unpaired) electrons. The van der Waals surface area contributed by atoms with Gasteiger partial charge in [-0.1, -0.05) is 30.3 Å². The summed E-state index contributed by atoms with van der Waals surface area (Å²) in [5.74, 6) is 0.226. The largest absolute Gasteiger partial charge is 0.379 e. The number of morpholine rings is 1. The molecular formula is C17H22N6O2. The van der Waals surface area contributed by atoms with Gasteiger partial charge in [0.1, 0.15) is 5.69 Å². The van der Waals surface area contributed by atoms with Gasteiger partial charge in [0.15, 0.2) is 0 Å². The Kier molecular flexibility index (Phi) is 5.52. The summed E-state index contributed by atoms with van der Waals surface area (Å²) in [6, 6.07) is 10.2. The van der Waals surface area contributed by atoms with Gasteiger partial charge in [0.05, 0.1) is 25.0 Å². The highest BCUT2D eigenvalue weighted by atomic mass is 16.5. The van der Waals surface area contributed by atoms with Gasteiger partial charge in [-0.2, -0.15) is 5.10 Å². The fraction of sp³-hybridized carbons (Fsp3) is 0.412. The van der Waals surface area contributed by atoms with Crippen LogP contribution < -0.4 is 11.0 Å². The van der Waals surface area contributed by atoms with Gasteiger partial charge in [0.25, 0.3) is 5.56 Å². The van der Waals surface area contributed by atoms with Crippen molar-refractivity contribution in [2.75, 3.05) is 31.7 Å². The molecule has 1 fully saturated rings. The van der Waals surface area contributed by atoms with E-state index in [2.05, 4.69) is 42.7 Å². The van der Waals surface area contributed by atoms with E-state index in [0.717, 1.165) is 24.4 Å². The van der Waals surface area contributed by atoms with Crippen LogP contribution in [0.4, 0.5) is 5.95 Å². The fourth-order valence-electron chi connectivity index (χ4n) is 2.83. The standard InChI is InChI=1S/C17H22N6O2/c1-12(19-21-17-18-16(24)13(2)20-22-17)15(14-6-4-3-5-7-14)23-8-10-25-11-9-23/h3-7,15H,8-11H2,1-2H3,(H2,18,21,22,24)/b19-12-/t15-/m0/s1. The summed E-state index contributed by atoms with van der Waals surface area (Å²) < 4.78 is 5.46. The maximum absolute atomic E-state index is 11.6. The number of benzene rings is 1. The Morgan fingerprint density at radius 2 is 2.00 bits per heavy atom. The Balaban J connectivity index is 1.83. The Labute approximate surface area is 145 Å². The van der Waals surface area contributed by atoms with Gasteiger partial charge < -0.3 is 4.74 Å². The Morgan fingerprint density at radius 1 is 1.28 bits per heavy atom. The molecule has 8 heteroatoms. The molecule has 1 saturated heterocycles. The van der Waals surface area contributed by atoms with E-state index in [1.54, 1.807) is 6.92 Å². The van der Waals surface area contributed by atoms with Crippen molar-refractivity contribution in [3.8, 4) is 0 Å². The lowest BCUT2D eigenvalue weighted by molar-refractivity contribution is 0.0286. The topological polar surface area (TPSA) is 95.5 Å². The highest BCUT2D eigenvalue weighted by molar-refractivity contribution is 5.88. The van der Waals surface area contributed by atoms with Gasteiger partial charge in [-0.05, 0) is 19.4 Å². The number of hydrazone groups is 1. The molecule has 0 bridgehead atoms. The fourth-order valence-corrected chi connectivity index (χ4v) is 2.83. The quantitative estimate of drug-likeness (QED) is 0.629. The zero-order valence-corrected chi connectivity index (χ0v) is 14.4. The Hall–Kier alpha value is -2.58. The van der Waals surface area contributed by atoms with Gasteiger partial charge >= 0.3 is 0 Å². The van der Waals surface area contributed by atoms with Crippen LogP contribution in [-0.2, 0) is 4.74 Å². The third-order valence-corrected chi connectivity index (χ3v) is 4.12. The molecule has 0 unspecified atom stereocenters. The Bertz CT molecular complexity index is 783. The second kappa shape index (κ2) is 8.00. The van der Waals surface area contributed by atoms with Gasteiger partial charge in [-0.15, -0.1) is 10.2 Å². The predicted octanol–water partition coefficient (Wildman–Crippen LogP) is 1.33. The first-order chi connectivity index (χ1) is 12.1. The van der Waals surface area contributed by atoms with Crippen molar-refractivity contribution >= 4 is 11.7 Å². The first-order valence-corrected chi connectivity index (χ1v) is 8.25. The van der Waals surface area contributed by atoms with Crippen LogP contribution in [0.2, 0.25) is 0 Å². The van der Waals surface area contributed by atoms with Crippen LogP contribution in [0.5, 0.6) is 0 Å². The average molecular weight is 342 g/mol. The lowest BCUT2D eigenvalue weighted by atomic mass is 10.0. The molecule has 132 valence electrons. The second-order valence-corrected chi connectivity index (χ2v) is 5.91. The van der Waals surface area contributed by atoms with Crippen LogP contribution in [-0.4, -0.2) is 52.1 Å². The van der Waals surface area contributed by atoms with Crippen LogP contribution in [0.25, 0.3) is 0 Å². The molecule has 1 aliphatic rings. The summed E-state index contributed by atoms with van der Waals surface area (Å²) >= 11 is 0. The summed E-state index contributed by atoms with van der Waals surface area (Å²) in [6.07, 6.45) is 0. The molecule has 2 aromatic rings. The monoisotopic (exact) mass is 342 g/mol. The minimum Gasteiger partial charge on any atom is -0.379 e. The first-order valence-electron chi connectivity index (χ1n) is 8.25. The Morgan fingerprint density at radius 3 is 2.68 bits per heavy atom. The molecule has 25 heavy (non-hydrogen) atoms. The minimum atomic E-state index is -0.279. The van der Waals surface area contributed by atoms with Crippen molar-refractivity contribution in [1.29, 1.82) is 0 Å². The smallest absolute Gasteiger partial charge is 0.274 e. The van der Waals surface area contributed by atoms with Gasteiger partial charge in [0, 0.05) is 13.1 Å². The molecular weight excluding hydrogens is 320 g/mol. The maximum atomic E-state index is 11.6. The van der Waals surface area contributed by atoms with E-state index in [4.69, 9.17) is 4.74 Å². The molecule has 0 aliphatic carbocycles. The van der Waals surface area contributed by atoms with Crippen molar-refractivity contribution in [2.45, 2.75) is 19.9 Å². The molecule has 0 spiro atoms. The molecule has 8 nitrogen and oxygen atoms in total. The zero-order chi connectivity index (χ0) is 17.6. The number of nitrogens with one attached hydrogen (secondary N) is 2. The third kappa shape index (κ3) is 4.28. The number of aromatic amines is 1. The van der Waals surface area contributed by atoms with Gasteiger partial charge in [-0.3, -0.25) is 14.7 Å². The van der Waals surface area contributed by atoms with Gasteiger partial charge in [0.2, 0.25) is 5.95 Å². The summed E-state index contributed by atoms with van der Waals surface area (Å²) in [4.78, 5) is 16.6. The number of aryl methyl sites for hydroxylation is 1. The molecule has 2 N–H and O–H groups in total. The van der Waals surface area contributed by atoms with Crippen LogP contribution >= 0.6 is 0 Å². The van der Waals surface area contributed by atoms with Gasteiger partial charge in [-0.25, -0.2) is 5.43 Å². The van der Waals surface area contributed by atoms with Crippen LogP contribution in [0.1, 0.15) is 24.2 Å². The summed E-state index contributed by atoms with van der Waals surface area (Å²) in [7, 11) is 0. The van der Waals surface area contributed by atoms with E-state index in [1.807, 2.05) is 25.1 Å². The maximum Gasteiger partial charge on any atom is 0.274 e. The number of anilines is 1. The van der Waals surface area contributed by atoms with E-state index in [0.29, 0.717) is 18.9 Å². The van der Waals surface area contributed by atoms with Crippen molar-refractivity contribution in [1.82, 2.24) is 20.1 Å². The van der Waals surface area contributed by atoms with E-state index < -0.39 is 0 Å². The molecule has 1 aromatic carbocycles. The number of rotatable bonds is 5. The summed E-state index contributed by atoms with van der Waals surface area (Å²) in [6.45, 7) is 6.66. The number of hydrogen-bond acceptors (Lipinski definition) is 7. The van der Waals surface area contributed by atoms with Crippen LogP contribution in [0.3, 0.4) is 0 Å². The molecule has 0 saturated carbocycles. The molecule has 0 amide bonds. The third-order valence-electron chi connectivity index (χ3n) is 4.12.